The summed E-state index contributed by atoms with van der Waals surface area (Å²) in [5.41, 5.74) is 2.63. The van der Waals surface area contributed by atoms with Gasteiger partial charge in [0, 0.05) is 44.0 Å². The molecule has 1 saturated heterocycles. The number of carbonyl (C=O) groups excluding carboxylic acids is 3. The fourth-order valence-corrected chi connectivity index (χ4v) is 3.90. The minimum absolute atomic E-state index is 0.0944. The zero-order chi connectivity index (χ0) is 23.0. The molecule has 2 heterocycles. The highest BCUT2D eigenvalue weighted by Gasteiger charge is 2.36. The Balaban J connectivity index is 1.43. The average molecular weight is 443 g/mol. The third-order valence-corrected chi connectivity index (χ3v) is 5.70. The van der Waals surface area contributed by atoms with Crippen LogP contribution in [0, 0.1) is 5.92 Å². The SMILES string of the molecule is O=C(N[C@H](Cc1ccccc1)C(=O)NCc1ccncc1)[C@H]1CC(=O)N(c2ccccc2)C1. The van der Waals surface area contributed by atoms with Crippen LogP contribution in [0.2, 0.25) is 0 Å². The van der Waals surface area contributed by atoms with Crippen molar-refractivity contribution in [2.75, 3.05) is 11.4 Å². The molecule has 0 bridgehead atoms. The van der Waals surface area contributed by atoms with Crippen LogP contribution in [0.5, 0.6) is 0 Å². The smallest absolute Gasteiger partial charge is 0.243 e. The fraction of sp³-hybridized carbons (Fsp3) is 0.231. The molecule has 3 amide bonds. The Morgan fingerprint density at radius 1 is 0.939 bits per heavy atom. The van der Waals surface area contributed by atoms with Gasteiger partial charge in [-0.2, -0.15) is 0 Å². The number of hydrogen-bond donors (Lipinski definition) is 2. The van der Waals surface area contributed by atoms with E-state index in [0.29, 0.717) is 19.5 Å². The number of pyridine rings is 1. The zero-order valence-corrected chi connectivity index (χ0v) is 18.2. The molecule has 1 aliphatic rings. The number of amides is 3. The zero-order valence-electron chi connectivity index (χ0n) is 18.2. The number of hydrogen-bond acceptors (Lipinski definition) is 4. The predicted octanol–water partition coefficient (Wildman–Crippen LogP) is 2.48. The van der Waals surface area contributed by atoms with Gasteiger partial charge in [0.1, 0.15) is 6.04 Å². The minimum atomic E-state index is -0.748. The molecule has 0 unspecified atom stereocenters. The number of rotatable bonds is 8. The lowest BCUT2D eigenvalue weighted by molar-refractivity contribution is -0.131. The van der Waals surface area contributed by atoms with Gasteiger partial charge in [0.05, 0.1) is 5.92 Å². The Hall–Kier alpha value is -4.00. The van der Waals surface area contributed by atoms with Gasteiger partial charge in [-0.3, -0.25) is 19.4 Å². The van der Waals surface area contributed by atoms with Crippen molar-refractivity contribution < 1.29 is 14.4 Å². The summed E-state index contributed by atoms with van der Waals surface area (Å²) in [5.74, 6) is -1.16. The lowest BCUT2D eigenvalue weighted by Gasteiger charge is -2.21. The van der Waals surface area contributed by atoms with E-state index < -0.39 is 12.0 Å². The standard InChI is InChI=1S/C26H26N4O3/c31-24-16-21(18-30(24)22-9-5-2-6-10-22)25(32)29-23(15-19-7-3-1-4-8-19)26(33)28-17-20-11-13-27-14-12-20/h1-14,21,23H,15-18H2,(H,28,33)(H,29,32)/t21-,23+/m0/s1. The first-order valence-corrected chi connectivity index (χ1v) is 11.0. The third kappa shape index (κ3) is 5.83. The number of aromatic nitrogens is 1. The third-order valence-electron chi connectivity index (χ3n) is 5.70. The van der Waals surface area contributed by atoms with E-state index in [9.17, 15) is 14.4 Å². The number of benzene rings is 2. The molecule has 33 heavy (non-hydrogen) atoms. The van der Waals surface area contributed by atoms with E-state index in [1.54, 1.807) is 17.3 Å². The molecule has 1 aromatic heterocycles. The molecule has 0 saturated carbocycles. The van der Waals surface area contributed by atoms with Crippen molar-refractivity contribution in [1.82, 2.24) is 15.6 Å². The van der Waals surface area contributed by atoms with Gasteiger partial charge in [0.15, 0.2) is 0 Å². The van der Waals surface area contributed by atoms with Gasteiger partial charge in [0.25, 0.3) is 0 Å². The van der Waals surface area contributed by atoms with Crippen molar-refractivity contribution in [2.45, 2.75) is 25.4 Å². The van der Waals surface area contributed by atoms with Crippen LogP contribution in [-0.2, 0) is 27.3 Å². The quantitative estimate of drug-likeness (QED) is 0.561. The Morgan fingerprint density at radius 2 is 1.61 bits per heavy atom. The van der Waals surface area contributed by atoms with E-state index >= 15 is 0 Å². The monoisotopic (exact) mass is 442 g/mol. The molecular formula is C26H26N4O3. The normalized spacial score (nSPS) is 16.3. The van der Waals surface area contributed by atoms with Crippen molar-refractivity contribution in [1.29, 1.82) is 0 Å². The molecule has 7 heteroatoms. The van der Waals surface area contributed by atoms with E-state index in [1.165, 1.54) is 0 Å². The van der Waals surface area contributed by atoms with Gasteiger partial charge in [-0.25, -0.2) is 0 Å². The van der Waals surface area contributed by atoms with Crippen LogP contribution in [0.3, 0.4) is 0 Å². The van der Waals surface area contributed by atoms with Crippen LogP contribution in [0.1, 0.15) is 17.5 Å². The second-order valence-corrected chi connectivity index (χ2v) is 8.07. The first-order chi connectivity index (χ1) is 16.1. The summed E-state index contributed by atoms with van der Waals surface area (Å²) in [6, 6.07) is 21.8. The molecule has 7 nitrogen and oxygen atoms in total. The summed E-state index contributed by atoms with van der Waals surface area (Å²) >= 11 is 0. The van der Waals surface area contributed by atoms with Crippen LogP contribution in [0.4, 0.5) is 5.69 Å². The number of carbonyl (C=O) groups is 3. The second-order valence-electron chi connectivity index (χ2n) is 8.07. The highest BCUT2D eigenvalue weighted by molar-refractivity contribution is 6.01. The largest absolute Gasteiger partial charge is 0.350 e. The molecule has 2 aromatic carbocycles. The summed E-state index contributed by atoms with van der Waals surface area (Å²) in [6.45, 7) is 0.636. The lowest BCUT2D eigenvalue weighted by atomic mass is 10.0. The van der Waals surface area contributed by atoms with Crippen molar-refractivity contribution in [3.63, 3.8) is 0 Å². The van der Waals surface area contributed by atoms with E-state index in [2.05, 4.69) is 15.6 Å². The van der Waals surface area contributed by atoms with E-state index in [-0.39, 0.29) is 24.1 Å². The Morgan fingerprint density at radius 3 is 2.30 bits per heavy atom. The average Bonchev–Trinajstić information content (AvgIpc) is 3.25. The highest BCUT2D eigenvalue weighted by atomic mass is 16.2. The van der Waals surface area contributed by atoms with Crippen molar-refractivity contribution in [3.05, 3.63) is 96.3 Å². The van der Waals surface area contributed by atoms with Gasteiger partial charge in [-0.1, -0.05) is 48.5 Å². The molecular weight excluding hydrogens is 416 g/mol. The van der Waals surface area contributed by atoms with Gasteiger partial charge in [-0.15, -0.1) is 0 Å². The maximum atomic E-state index is 13.1. The van der Waals surface area contributed by atoms with Crippen LogP contribution in [0.25, 0.3) is 0 Å². The molecule has 0 radical (unpaired) electrons. The topological polar surface area (TPSA) is 91.4 Å². The molecule has 1 aliphatic heterocycles. The summed E-state index contributed by atoms with van der Waals surface area (Å²) in [4.78, 5) is 44.2. The first-order valence-electron chi connectivity index (χ1n) is 11.0. The lowest BCUT2D eigenvalue weighted by Crippen LogP contribution is -2.49. The van der Waals surface area contributed by atoms with Crippen molar-refractivity contribution >= 4 is 23.4 Å². The highest BCUT2D eigenvalue weighted by Crippen LogP contribution is 2.25. The first kappa shape index (κ1) is 22.2. The molecule has 168 valence electrons. The van der Waals surface area contributed by atoms with E-state index in [1.807, 2.05) is 72.8 Å². The van der Waals surface area contributed by atoms with Crippen LogP contribution >= 0.6 is 0 Å². The van der Waals surface area contributed by atoms with Crippen molar-refractivity contribution in [2.24, 2.45) is 5.92 Å². The second kappa shape index (κ2) is 10.5. The molecule has 3 aromatic rings. The van der Waals surface area contributed by atoms with Gasteiger partial charge < -0.3 is 15.5 Å². The molecule has 0 aliphatic carbocycles. The number of anilines is 1. The summed E-state index contributed by atoms with van der Waals surface area (Å²) in [6.07, 6.45) is 3.82. The molecule has 1 fully saturated rings. The Labute approximate surface area is 192 Å². The Bertz CT molecular complexity index is 1090. The number of para-hydroxylation sites is 1. The molecule has 0 spiro atoms. The minimum Gasteiger partial charge on any atom is -0.350 e. The Kier molecular flexibility index (Phi) is 7.09. The predicted molar refractivity (Wildman–Crippen MR) is 125 cm³/mol. The number of nitrogens with one attached hydrogen (secondary N) is 2. The summed E-state index contributed by atoms with van der Waals surface area (Å²) in [5, 5.41) is 5.79. The summed E-state index contributed by atoms with van der Waals surface area (Å²) < 4.78 is 0. The van der Waals surface area contributed by atoms with Gasteiger partial charge in [-0.05, 0) is 35.4 Å². The molecule has 2 atom stereocenters. The molecule has 2 N–H and O–H groups in total. The maximum Gasteiger partial charge on any atom is 0.243 e. The van der Waals surface area contributed by atoms with Crippen LogP contribution in [-0.4, -0.2) is 35.3 Å². The number of nitrogens with zero attached hydrogens (tertiary/aromatic N) is 2. The van der Waals surface area contributed by atoms with Gasteiger partial charge in [0.2, 0.25) is 17.7 Å². The van der Waals surface area contributed by atoms with E-state index in [4.69, 9.17) is 0 Å². The fourth-order valence-electron chi connectivity index (χ4n) is 3.90. The van der Waals surface area contributed by atoms with Gasteiger partial charge >= 0.3 is 0 Å². The van der Waals surface area contributed by atoms with Crippen molar-refractivity contribution in [3.8, 4) is 0 Å². The maximum absolute atomic E-state index is 13.1. The molecule has 4 rings (SSSR count). The van der Waals surface area contributed by atoms with Crippen LogP contribution in [0.15, 0.2) is 85.2 Å². The van der Waals surface area contributed by atoms with Crippen LogP contribution < -0.4 is 15.5 Å². The van der Waals surface area contributed by atoms with E-state index in [0.717, 1.165) is 16.8 Å². The summed E-state index contributed by atoms with van der Waals surface area (Å²) in [7, 11) is 0.